The van der Waals surface area contributed by atoms with Gasteiger partial charge in [0.1, 0.15) is 11.6 Å². The maximum atomic E-state index is 5.49. The van der Waals surface area contributed by atoms with Crippen molar-refractivity contribution < 1.29 is 31.0 Å². The second kappa shape index (κ2) is 17.7. The number of anilines is 2. The number of nitrogen functional groups attached to an aromatic ring is 1. The third-order valence-electron chi connectivity index (χ3n) is 3.85. The molecule has 3 radical (unpaired) electrons. The van der Waals surface area contributed by atoms with Gasteiger partial charge in [-0.3, -0.25) is 19.3 Å². The van der Waals surface area contributed by atoms with Crippen LogP contribution in [-0.4, -0.2) is 44.5 Å². The van der Waals surface area contributed by atoms with Crippen molar-refractivity contribution in [2.75, 3.05) is 17.6 Å². The van der Waals surface area contributed by atoms with Crippen molar-refractivity contribution in [2.24, 2.45) is 0 Å². The Morgan fingerprint density at radius 2 is 1.36 bits per heavy atom. The van der Waals surface area contributed by atoms with Gasteiger partial charge in [-0.05, 0) is 55.3 Å². The van der Waals surface area contributed by atoms with Crippen LogP contribution in [-0.2, 0) is 13.1 Å². The first-order valence-electron chi connectivity index (χ1n) is 10.1. The summed E-state index contributed by atoms with van der Waals surface area (Å²) >= 11 is 0. The molecule has 0 fully saturated rings. The Morgan fingerprint density at radius 1 is 0.909 bits per heavy atom. The summed E-state index contributed by atoms with van der Waals surface area (Å²) < 4.78 is 3.71. The van der Waals surface area contributed by atoms with E-state index in [1.807, 2.05) is 54.3 Å². The van der Waals surface area contributed by atoms with Gasteiger partial charge in [0.15, 0.2) is 0 Å². The van der Waals surface area contributed by atoms with Crippen LogP contribution in [0, 0.1) is 0 Å². The Hall–Kier alpha value is -2.88. The topological polar surface area (TPSA) is 99.5 Å². The van der Waals surface area contributed by atoms with Crippen molar-refractivity contribution in [1.29, 1.82) is 0 Å². The predicted octanol–water partition coefficient (Wildman–Crippen LogP) is 0.595. The van der Waals surface area contributed by atoms with E-state index >= 15 is 0 Å². The number of hydrogen-bond donors (Lipinski definition) is 2. The van der Waals surface area contributed by atoms with Crippen molar-refractivity contribution in [3.63, 3.8) is 0 Å². The largest absolute Gasteiger partial charge is 1.00 e. The minimum Gasteiger partial charge on any atom is -1.00 e. The first-order valence-corrected chi connectivity index (χ1v) is 10.1. The molecule has 10 heteroatoms. The van der Waals surface area contributed by atoms with Crippen molar-refractivity contribution in [2.45, 2.75) is 26.9 Å². The Balaban J connectivity index is 0. The summed E-state index contributed by atoms with van der Waals surface area (Å²) in [5, 5.41) is 11.6. The van der Waals surface area contributed by atoms with E-state index in [1.165, 1.54) is 5.56 Å². The summed E-state index contributed by atoms with van der Waals surface area (Å²) in [7, 11) is 0. The number of aromatic nitrogens is 6. The number of pyridine rings is 2. The fraction of sp³-hybridized carbons (Fsp3) is 0.217. The van der Waals surface area contributed by atoms with Crippen LogP contribution < -0.4 is 40.6 Å². The van der Waals surface area contributed by atoms with Gasteiger partial charge in [0.2, 0.25) is 0 Å². The number of allylic oxidation sites excluding steroid dienone is 1. The molecular weight excluding hydrogens is 422 g/mol. The van der Waals surface area contributed by atoms with E-state index in [0.29, 0.717) is 5.82 Å². The smallest absolute Gasteiger partial charge is 1.00 e. The normalized spacial score (nSPS) is 9.03. The van der Waals surface area contributed by atoms with Gasteiger partial charge in [0.25, 0.3) is 0 Å². The van der Waals surface area contributed by atoms with Crippen LogP contribution >= 0.6 is 0 Å². The van der Waals surface area contributed by atoms with E-state index in [-0.39, 0.29) is 39.4 Å². The second-order valence-corrected chi connectivity index (χ2v) is 6.49. The summed E-state index contributed by atoms with van der Waals surface area (Å²) in [5.41, 5.74) is 7.86. The first-order chi connectivity index (χ1) is 15.1. The average molecular weight is 453 g/mol. The molecule has 0 unspecified atom stereocenters. The minimum atomic E-state index is 0. The quantitative estimate of drug-likeness (QED) is 0.328. The summed E-state index contributed by atoms with van der Waals surface area (Å²) in [5.74, 6) is 1.47. The van der Waals surface area contributed by atoms with Crippen LogP contribution in [0.5, 0.6) is 0 Å². The van der Waals surface area contributed by atoms with Crippen LogP contribution in [0.25, 0.3) is 0 Å². The predicted molar refractivity (Wildman–Crippen MR) is 132 cm³/mol. The van der Waals surface area contributed by atoms with E-state index < -0.39 is 0 Å². The van der Waals surface area contributed by atoms with Crippen molar-refractivity contribution >= 4 is 20.0 Å². The maximum absolute atomic E-state index is 5.49. The molecule has 0 atom stereocenters. The molecule has 0 bridgehead atoms. The van der Waals surface area contributed by atoms with Gasteiger partial charge in [0, 0.05) is 58.2 Å². The van der Waals surface area contributed by atoms with E-state index in [2.05, 4.69) is 39.0 Å². The van der Waals surface area contributed by atoms with E-state index in [1.54, 1.807) is 41.6 Å². The first kappa shape index (κ1) is 30.1. The third kappa shape index (κ3) is 12.1. The van der Waals surface area contributed by atoms with Gasteiger partial charge < -0.3 is 12.5 Å². The average Bonchev–Trinajstić information content (AvgIpc) is 3.39. The summed E-state index contributed by atoms with van der Waals surface area (Å²) in [6, 6.07) is 11.7. The zero-order valence-electron chi connectivity index (χ0n) is 20.7. The minimum absolute atomic E-state index is 0. The molecule has 4 rings (SSSR count). The fourth-order valence-electron chi connectivity index (χ4n) is 2.54. The monoisotopic (exact) mass is 453 g/mol. The molecule has 0 amide bonds. The molecule has 33 heavy (non-hydrogen) atoms. The van der Waals surface area contributed by atoms with Crippen molar-refractivity contribution in [3.05, 3.63) is 97.4 Å². The molecule has 167 valence electrons. The van der Waals surface area contributed by atoms with Crippen LogP contribution in [0.2, 0.25) is 0 Å². The standard InChI is InChI=1S/C11H14N4.C9H10N4.C3H6.B.Na.H/c1-2-13-11-5-8-15(14-11)9-10-3-6-12-7-4-10;10-9-3-6-13(12-9)7-8-1-4-11-5-2-8;1-3-2;;;/h3-8H,2,9H2,1H3,(H,13,14);1-6H,7H2,(H2,10,12);3H,1H2,2H3;;;/q;;;;+1;-1. The Kier molecular flexibility index (Phi) is 16.1. The van der Waals surface area contributed by atoms with Crippen LogP contribution in [0.15, 0.2) is 86.2 Å². The van der Waals surface area contributed by atoms with Crippen LogP contribution in [0.3, 0.4) is 0 Å². The van der Waals surface area contributed by atoms with Gasteiger partial charge in [-0.25, -0.2) is 0 Å². The molecule has 4 aromatic rings. The number of nitrogens with one attached hydrogen (secondary N) is 1. The van der Waals surface area contributed by atoms with Gasteiger partial charge in [-0.1, -0.05) is 6.08 Å². The Labute approximate surface area is 221 Å². The van der Waals surface area contributed by atoms with Gasteiger partial charge >= 0.3 is 29.6 Å². The molecule has 0 aliphatic heterocycles. The van der Waals surface area contributed by atoms with Gasteiger partial charge in [-0.15, -0.1) is 6.58 Å². The number of nitrogens with zero attached hydrogens (tertiary/aromatic N) is 6. The zero-order valence-corrected chi connectivity index (χ0v) is 21.7. The Morgan fingerprint density at radius 3 is 1.79 bits per heavy atom. The van der Waals surface area contributed by atoms with Gasteiger partial charge in [0.05, 0.1) is 13.1 Å². The fourth-order valence-corrected chi connectivity index (χ4v) is 2.54. The molecular formula is C23H31BN8Na. The summed E-state index contributed by atoms with van der Waals surface area (Å²) in [6.07, 6.45) is 12.7. The molecule has 0 spiro atoms. The summed E-state index contributed by atoms with van der Waals surface area (Å²) in [4.78, 5) is 7.92. The van der Waals surface area contributed by atoms with Crippen LogP contribution in [0.4, 0.5) is 11.6 Å². The number of rotatable bonds is 6. The second-order valence-electron chi connectivity index (χ2n) is 6.49. The molecule has 0 aliphatic rings. The maximum Gasteiger partial charge on any atom is 1.00 e. The molecule has 0 saturated carbocycles. The molecule has 8 nitrogen and oxygen atoms in total. The zero-order chi connectivity index (χ0) is 22.3. The van der Waals surface area contributed by atoms with Crippen molar-refractivity contribution in [1.82, 2.24) is 29.5 Å². The molecule has 0 aromatic carbocycles. The molecule has 0 saturated heterocycles. The van der Waals surface area contributed by atoms with Crippen molar-refractivity contribution in [3.8, 4) is 0 Å². The molecule has 4 aromatic heterocycles. The molecule has 4 heterocycles. The van der Waals surface area contributed by atoms with E-state index in [9.17, 15) is 0 Å². The summed E-state index contributed by atoms with van der Waals surface area (Å²) in [6.45, 7) is 9.72. The third-order valence-corrected chi connectivity index (χ3v) is 3.85. The van der Waals surface area contributed by atoms with Crippen LogP contribution in [0.1, 0.15) is 26.4 Å². The SMILES string of the molecule is C=CC.CCNc1ccn(Cc2ccncc2)n1.Nc1ccn(Cc2ccncc2)n1.[B].[H-].[Na+]. The Bertz CT molecular complexity index is 1010. The van der Waals surface area contributed by atoms with E-state index in [4.69, 9.17) is 5.73 Å². The number of hydrogen-bond acceptors (Lipinski definition) is 6. The molecule has 3 N–H and O–H groups in total. The van der Waals surface area contributed by atoms with E-state index in [0.717, 1.165) is 31.0 Å². The van der Waals surface area contributed by atoms with Gasteiger partial charge in [-0.2, -0.15) is 10.2 Å². The number of nitrogens with two attached hydrogens (primary N) is 1. The molecule has 0 aliphatic carbocycles.